The summed E-state index contributed by atoms with van der Waals surface area (Å²) in [5.41, 5.74) is 1.32. The fraction of sp³-hybridized carbons (Fsp3) is 0.625. The Morgan fingerprint density at radius 1 is 1.42 bits per heavy atom. The predicted octanol–water partition coefficient (Wildman–Crippen LogP) is 2.95. The molecular formula is C16H22FNO. The first kappa shape index (κ1) is 13.1. The monoisotopic (exact) mass is 263 g/mol. The van der Waals surface area contributed by atoms with Gasteiger partial charge in [0.15, 0.2) is 0 Å². The first-order valence-corrected chi connectivity index (χ1v) is 7.21. The number of piperidine rings is 1. The van der Waals surface area contributed by atoms with Gasteiger partial charge in [0, 0.05) is 25.0 Å². The average Bonchev–Trinajstić information content (AvgIpc) is 3.24. The van der Waals surface area contributed by atoms with E-state index in [1.165, 1.54) is 18.9 Å². The van der Waals surface area contributed by atoms with E-state index < -0.39 is 0 Å². The molecule has 1 aliphatic carbocycles. The van der Waals surface area contributed by atoms with Crippen LogP contribution in [0.5, 0.6) is 0 Å². The van der Waals surface area contributed by atoms with Gasteiger partial charge in [-0.1, -0.05) is 12.1 Å². The second kappa shape index (κ2) is 5.22. The summed E-state index contributed by atoms with van der Waals surface area (Å²) >= 11 is 0. The van der Waals surface area contributed by atoms with Gasteiger partial charge in [-0.3, -0.25) is 0 Å². The highest BCUT2D eigenvalue weighted by molar-refractivity contribution is 5.26. The minimum absolute atomic E-state index is 0.134. The Labute approximate surface area is 114 Å². The van der Waals surface area contributed by atoms with E-state index in [9.17, 15) is 4.39 Å². The van der Waals surface area contributed by atoms with Gasteiger partial charge in [0.2, 0.25) is 0 Å². The molecular weight excluding hydrogens is 241 g/mol. The fourth-order valence-corrected chi connectivity index (χ4v) is 3.82. The zero-order chi connectivity index (χ0) is 13.3. The van der Waals surface area contributed by atoms with Crippen LogP contribution in [0.15, 0.2) is 24.3 Å². The van der Waals surface area contributed by atoms with Crippen molar-refractivity contribution < 1.29 is 9.13 Å². The minimum atomic E-state index is -0.134. The quantitative estimate of drug-likeness (QED) is 0.902. The summed E-state index contributed by atoms with van der Waals surface area (Å²) in [5, 5.41) is 3.47. The van der Waals surface area contributed by atoms with Crippen LogP contribution in [-0.2, 0) is 4.74 Å². The lowest BCUT2D eigenvalue weighted by atomic mass is 9.65. The van der Waals surface area contributed by atoms with Crippen molar-refractivity contribution in [2.45, 2.75) is 25.2 Å². The van der Waals surface area contributed by atoms with E-state index in [1.54, 1.807) is 13.2 Å². The molecule has 1 saturated heterocycles. The molecule has 19 heavy (non-hydrogen) atoms. The van der Waals surface area contributed by atoms with Crippen molar-refractivity contribution in [3.8, 4) is 0 Å². The molecule has 2 atom stereocenters. The van der Waals surface area contributed by atoms with Gasteiger partial charge in [-0.15, -0.1) is 0 Å². The van der Waals surface area contributed by atoms with Crippen LogP contribution in [0.2, 0.25) is 0 Å². The highest BCUT2D eigenvalue weighted by atomic mass is 19.1. The van der Waals surface area contributed by atoms with E-state index in [2.05, 4.69) is 11.4 Å². The Morgan fingerprint density at radius 2 is 2.26 bits per heavy atom. The van der Waals surface area contributed by atoms with Gasteiger partial charge >= 0.3 is 0 Å². The molecule has 1 aromatic rings. The van der Waals surface area contributed by atoms with Crippen molar-refractivity contribution in [1.82, 2.24) is 5.32 Å². The summed E-state index contributed by atoms with van der Waals surface area (Å²) < 4.78 is 19.1. The highest BCUT2D eigenvalue weighted by Crippen LogP contribution is 2.56. The number of nitrogens with one attached hydrogen (secondary N) is 1. The number of ether oxygens (including phenoxy) is 1. The maximum Gasteiger partial charge on any atom is 0.123 e. The van der Waals surface area contributed by atoms with Crippen LogP contribution in [0.3, 0.4) is 0 Å². The van der Waals surface area contributed by atoms with E-state index in [1.807, 2.05) is 6.07 Å². The maximum absolute atomic E-state index is 13.5. The molecule has 0 spiro atoms. The summed E-state index contributed by atoms with van der Waals surface area (Å²) in [5.74, 6) is 0.984. The molecule has 1 aromatic carbocycles. The average molecular weight is 263 g/mol. The molecule has 2 unspecified atom stereocenters. The Bertz CT molecular complexity index is 442. The minimum Gasteiger partial charge on any atom is -0.384 e. The van der Waals surface area contributed by atoms with Crippen molar-refractivity contribution in [1.29, 1.82) is 0 Å². The van der Waals surface area contributed by atoms with E-state index in [4.69, 9.17) is 4.74 Å². The highest BCUT2D eigenvalue weighted by Gasteiger charge is 2.51. The molecule has 3 rings (SSSR count). The first-order chi connectivity index (χ1) is 9.26. The molecule has 2 nitrogen and oxygen atoms in total. The third-order valence-corrected chi connectivity index (χ3v) is 4.86. The number of halogens is 1. The summed E-state index contributed by atoms with van der Waals surface area (Å²) in [6.45, 7) is 2.77. The van der Waals surface area contributed by atoms with Gasteiger partial charge in [0.25, 0.3) is 0 Å². The summed E-state index contributed by atoms with van der Waals surface area (Å²) in [6.07, 6.45) is 3.73. The van der Waals surface area contributed by atoms with Gasteiger partial charge < -0.3 is 10.1 Å². The molecule has 0 amide bonds. The number of hydrogen-bond donors (Lipinski definition) is 1. The van der Waals surface area contributed by atoms with Crippen LogP contribution in [0.1, 0.15) is 30.7 Å². The molecule has 0 bridgehead atoms. The maximum atomic E-state index is 13.5. The van der Waals surface area contributed by atoms with E-state index >= 15 is 0 Å². The zero-order valence-corrected chi connectivity index (χ0v) is 11.5. The fourth-order valence-electron chi connectivity index (χ4n) is 3.82. The second-order valence-electron chi connectivity index (χ2n) is 6.00. The normalized spacial score (nSPS) is 31.4. The van der Waals surface area contributed by atoms with Crippen LogP contribution in [0.4, 0.5) is 4.39 Å². The third-order valence-electron chi connectivity index (χ3n) is 4.86. The van der Waals surface area contributed by atoms with Crippen molar-refractivity contribution in [2.24, 2.45) is 11.3 Å². The Balaban J connectivity index is 1.95. The molecule has 3 heteroatoms. The van der Waals surface area contributed by atoms with E-state index in [0.29, 0.717) is 5.92 Å². The van der Waals surface area contributed by atoms with Crippen molar-refractivity contribution in [2.75, 3.05) is 26.8 Å². The lowest BCUT2D eigenvalue weighted by Crippen LogP contribution is -2.47. The van der Waals surface area contributed by atoms with Crippen LogP contribution in [0, 0.1) is 17.2 Å². The van der Waals surface area contributed by atoms with E-state index in [-0.39, 0.29) is 11.2 Å². The van der Waals surface area contributed by atoms with Crippen LogP contribution >= 0.6 is 0 Å². The molecule has 1 aliphatic heterocycles. The second-order valence-corrected chi connectivity index (χ2v) is 6.00. The van der Waals surface area contributed by atoms with Gasteiger partial charge in [-0.05, 0) is 49.4 Å². The van der Waals surface area contributed by atoms with Gasteiger partial charge in [0.1, 0.15) is 5.82 Å². The summed E-state index contributed by atoms with van der Waals surface area (Å²) in [6, 6.07) is 7.11. The number of methoxy groups -OCH3 is 1. The zero-order valence-electron chi connectivity index (χ0n) is 11.5. The molecule has 1 heterocycles. The first-order valence-electron chi connectivity index (χ1n) is 7.21. The molecule has 104 valence electrons. The standard InChI is InChI=1S/C16H22FNO/c1-19-11-16(13-5-6-13)7-8-18-10-15(16)12-3-2-4-14(17)9-12/h2-4,9,13,15,18H,5-8,10-11H2,1H3. The summed E-state index contributed by atoms with van der Waals surface area (Å²) in [4.78, 5) is 0. The number of rotatable bonds is 4. The molecule has 2 aliphatic rings. The van der Waals surface area contributed by atoms with Crippen LogP contribution in [0.25, 0.3) is 0 Å². The number of benzene rings is 1. The van der Waals surface area contributed by atoms with Crippen LogP contribution in [-0.4, -0.2) is 26.8 Å². The SMILES string of the molecule is COCC1(C2CC2)CCNCC1c1cccc(F)c1. The number of hydrogen-bond acceptors (Lipinski definition) is 2. The Kier molecular flexibility index (Phi) is 3.59. The lowest BCUT2D eigenvalue weighted by Gasteiger charge is -2.45. The van der Waals surface area contributed by atoms with Gasteiger partial charge in [-0.2, -0.15) is 0 Å². The predicted molar refractivity (Wildman–Crippen MR) is 73.7 cm³/mol. The van der Waals surface area contributed by atoms with E-state index in [0.717, 1.165) is 37.6 Å². The Hall–Kier alpha value is -0.930. The smallest absolute Gasteiger partial charge is 0.123 e. The molecule has 0 aromatic heterocycles. The summed E-state index contributed by atoms with van der Waals surface area (Å²) in [7, 11) is 1.79. The Morgan fingerprint density at radius 3 is 2.95 bits per heavy atom. The van der Waals surface area contributed by atoms with Crippen molar-refractivity contribution in [3.63, 3.8) is 0 Å². The lowest BCUT2D eigenvalue weighted by molar-refractivity contribution is 0.0183. The topological polar surface area (TPSA) is 21.3 Å². The molecule has 0 radical (unpaired) electrons. The van der Waals surface area contributed by atoms with Gasteiger partial charge in [-0.25, -0.2) is 4.39 Å². The van der Waals surface area contributed by atoms with Crippen LogP contribution < -0.4 is 5.32 Å². The third kappa shape index (κ3) is 2.41. The van der Waals surface area contributed by atoms with Gasteiger partial charge in [0.05, 0.1) is 6.61 Å². The van der Waals surface area contributed by atoms with Crippen molar-refractivity contribution >= 4 is 0 Å². The molecule has 1 saturated carbocycles. The largest absolute Gasteiger partial charge is 0.384 e. The molecule has 1 N–H and O–H groups in total. The van der Waals surface area contributed by atoms with Crippen molar-refractivity contribution in [3.05, 3.63) is 35.6 Å². The molecule has 2 fully saturated rings.